The van der Waals surface area contributed by atoms with Crippen molar-refractivity contribution in [2.45, 2.75) is 24.5 Å². The fourth-order valence-corrected chi connectivity index (χ4v) is 3.92. The first-order chi connectivity index (χ1) is 13.6. The van der Waals surface area contributed by atoms with Crippen molar-refractivity contribution in [1.82, 2.24) is 20.3 Å². The molecule has 0 saturated heterocycles. The van der Waals surface area contributed by atoms with Gasteiger partial charge in [0.1, 0.15) is 17.7 Å². The number of para-hydroxylation sites is 1. The van der Waals surface area contributed by atoms with Crippen LogP contribution in [0.4, 0.5) is 4.39 Å². The number of ether oxygens (including phenoxy) is 1. The minimum atomic E-state index is -0.287. The van der Waals surface area contributed by atoms with Crippen molar-refractivity contribution >= 4 is 17.7 Å². The molecule has 0 fully saturated rings. The monoisotopic (exact) mass is 398 g/mol. The number of halogens is 1. The lowest BCUT2D eigenvalue weighted by molar-refractivity contribution is 0.0926. The molecule has 144 valence electrons. The molecule has 1 aliphatic heterocycles. The summed E-state index contributed by atoms with van der Waals surface area (Å²) in [4.78, 5) is 13.6. The third-order valence-electron chi connectivity index (χ3n) is 4.50. The number of carbonyl (C=O) groups excluding carboxylic acids is 1. The summed E-state index contributed by atoms with van der Waals surface area (Å²) < 4.78 is 20.6. The summed E-state index contributed by atoms with van der Waals surface area (Å²) in [5, 5.41) is 10.9. The number of fused-ring (bicyclic) bond motifs is 1. The van der Waals surface area contributed by atoms with Crippen LogP contribution in [0.2, 0.25) is 0 Å². The first kappa shape index (κ1) is 18.5. The van der Waals surface area contributed by atoms with Gasteiger partial charge in [0, 0.05) is 10.6 Å². The summed E-state index contributed by atoms with van der Waals surface area (Å²) in [6.07, 6.45) is -0.0987. The lowest BCUT2D eigenvalue weighted by Gasteiger charge is -2.25. The lowest BCUT2D eigenvalue weighted by atomic mass is 10.2. The average molecular weight is 398 g/mol. The van der Waals surface area contributed by atoms with Crippen LogP contribution in [0.25, 0.3) is 0 Å². The maximum absolute atomic E-state index is 13.0. The van der Waals surface area contributed by atoms with Gasteiger partial charge in [0.05, 0.1) is 18.8 Å². The molecule has 1 amide bonds. The summed E-state index contributed by atoms with van der Waals surface area (Å²) in [5.41, 5.74) is 1.82. The Morgan fingerprint density at radius 2 is 2.07 bits per heavy atom. The average Bonchev–Trinajstić information content (AvgIpc) is 3.08. The third-order valence-corrected chi connectivity index (χ3v) is 5.69. The molecular weight excluding hydrogens is 379 g/mol. The van der Waals surface area contributed by atoms with Crippen LogP contribution in [0.5, 0.6) is 5.75 Å². The Bertz CT molecular complexity index is 990. The first-order valence-corrected chi connectivity index (χ1v) is 9.90. The van der Waals surface area contributed by atoms with Gasteiger partial charge in [-0.25, -0.2) is 9.07 Å². The van der Waals surface area contributed by atoms with Gasteiger partial charge < -0.3 is 10.1 Å². The van der Waals surface area contributed by atoms with Crippen molar-refractivity contribution in [2.75, 3.05) is 12.3 Å². The molecule has 1 N–H and O–H groups in total. The quantitative estimate of drug-likeness (QED) is 0.715. The van der Waals surface area contributed by atoms with E-state index in [1.807, 2.05) is 24.3 Å². The largest absolute Gasteiger partial charge is 0.487 e. The zero-order valence-corrected chi connectivity index (χ0v) is 16.1. The van der Waals surface area contributed by atoms with Crippen molar-refractivity contribution in [3.63, 3.8) is 0 Å². The molecule has 1 atom stereocenters. The van der Waals surface area contributed by atoms with Crippen molar-refractivity contribution in [3.8, 4) is 5.75 Å². The Labute approximate surface area is 166 Å². The molecule has 1 aromatic heterocycles. The number of rotatable bonds is 5. The molecule has 0 spiro atoms. The maximum atomic E-state index is 13.0. The number of nitrogens with zero attached hydrogens (tertiary/aromatic N) is 3. The first-order valence-electron chi connectivity index (χ1n) is 8.91. The SMILES string of the molecule is Cc1c(C(=O)NCC2CSc3ccccc3O2)nnn1Cc1ccc(F)cc1. The lowest BCUT2D eigenvalue weighted by Crippen LogP contribution is -2.38. The summed E-state index contributed by atoms with van der Waals surface area (Å²) in [6.45, 7) is 2.61. The highest BCUT2D eigenvalue weighted by molar-refractivity contribution is 7.99. The summed E-state index contributed by atoms with van der Waals surface area (Å²) in [6, 6.07) is 14.0. The van der Waals surface area contributed by atoms with Crippen LogP contribution in [0.1, 0.15) is 21.7 Å². The maximum Gasteiger partial charge on any atom is 0.273 e. The van der Waals surface area contributed by atoms with Crippen molar-refractivity contribution < 1.29 is 13.9 Å². The van der Waals surface area contributed by atoms with E-state index in [1.165, 1.54) is 12.1 Å². The van der Waals surface area contributed by atoms with E-state index in [0.29, 0.717) is 18.8 Å². The van der Waals surface area contributed by atoms with E-state index < -0.39 is 0 Å². The zero-order chi connectivity index (χ0) is 19.5. The van der Waals surface area contributed by atoms with Gasteiger partial charge in [-0.05, 0) is 36.8 Å². The minimum Gasteiger partial charge on any atom is -0.487 e. The fourth-order valence-electron chi connectivity index (χ4n) is 2.94. The number of hydrogen-bond donors (Lipinski definition) is 1. The Hall–Kier alpha value is -2.87. The molecule has 2 aromatic carbocycles. The van der Waals surface area contributed by atoms with Gasteiger partial charge in [-0.2, -0.15) is 0 Å². The van der Waals surface area contributed by atoms with E-state index in [1.54, 1.807) is 35.5 Å². The van der Waals surface area contributed by atoms with E-state index in [2.05, 4.69) is 15.6 Å². The molecule has 28 heavy (non-hydrogen) atoms. The Morgan fingerprint density at radius 1 is 1.29 bits per heavy atom. The molecule has 6 nitrogen and oxygen atoms in total. The molecular formula is C20H19FN4O2S. The van der Waals surface area contributed by atoms with Gasteiger partial charge in [-0.15, -0.1) is 16.9 Å². The highest BCUT2D eigenvalue weighted by Crippen LogP contribution is 2.34. The Morgan fingerprint density at radius 3 is 2.89 bits per heavy atom. The predicted octanol–water partition coefficient (Wildman–Crippen LogP) is 3.06. The number of hydrogen-bond acceptors (Lipinski definition) is 5. The Kier molecular flexibility index (Phi) is 5.29. The molecule has 1 aliphatic rings. The second-order valence-electron chi connectivity index (χ2n) is 6.52. The molecule has 0 bridgehead atoms. The second kappa shape index (κ2) is 8.02. The van der Waals surface area contributed by atoms with Crippen LogP contribution in [0, 0.1) is 12.7 Å². The second-order valence-corrected chi connectivity index (χ2v) is 7.58. The predicted molar refractivity (Wildman–Crippen MR) is 104 cm³/mol. The number of nitrogens with one attached hydrogen (secondary N) is 1. The highest BCUT2D eigenvalue weighted by Gasteiger charge is 2.22. The van der Waals surface area contributed by atoms with Crippen LogP contribution in [0.3, 0.4) is 0 Å². The van der Waals surface area contributed by atoms with Crippen LogP contribution in [-0.4, -0.2) is 39.3 Å². The summed E-state index contributed by atoms with van der Waals surface area (Å²) in [5.74, 6) is 1.05. The number of thioether (sulfide) groups is 1. The topological polar surface area (TPSA) is 69.0 Å². The van der Waals surface area contributed by atoms with Crippen LogP contribution in [-0.2, 0) is 6.54 Å². The highest BCUT2D eigenvalue weighted by atomic mass is 32.2. The number of aromatic nitrogens is 3. The Balaban J connectivity index is 1.36. The minimum absolute atomic E-state index is 0.0987. The number of benzene rings is 2. The van der Waals surface area contributed by atoms with E-state index in [9.17, 15) is 9.18 Å². The van der Waals surface area contributed by atoms with E-state index in [-0.39, 0.29) is 23.5 Å². The molecule has 0 saturated carbocycles. The van der Waals surface area contributed by atoms with Gasteiger partial charge in [-0.1, -0.05) is 29.5 Å². The van der Waals surface area contributed by atoms with Gasteiger partial charge in [0.25, 0.3) is 5.91 Å². The normalized spacial score (nSPS) is 15.6. The van der Waals surface area contributed by atoms with Gasteiger partial charge in [0.2, 0.25) is 0 Å². The number of carbonyl (C=O) groups is 1. The molecule has 2 heterocycles. The van der Waals surface area contributed by atoms with Crippen molar-refractivity contribution in [1.29, 1.82) is 0 Å². The van der Waals surface area contributed by atoms with E-state index in [0.717, 1.165) is 22.0 Å². The van der Waals surface area contributed by atoms with Gasteiger partial charge >= 0.3 is 0 Å². The summed E-state index contributed by atoms with van der Waals surface area (Å²) in [7, 11) is 0. The third kappa shape index (κ3) is 4.01. The number of amides is 1. The molecule has 3 aromatic rings. The van der Waals surface area contributed by atoms with Crippen molar-refractivity contribution in [3.05, 3.63) is 71.3 Å². The fraction of sp³-hybridized carbons (Fsp3) is 0.250. The standard InChI is InChI=1S/C20H19FN4O2S/c1-13-19(23-24-25(13)11-14-6-8-15(21)9-7-14)20(26)22-10-16-12-28-18-5-3-2-4-17(18)27-16/h2-9,16H,10-12H2,1H3,(H,22,26). The smallest absolute Gasteiger partial charge is 0.273 e. The van der Waals surface area contributed by atoms with Gasteiger partial charge in [0.15, 0.2) is 5.69 Å². The van der Waals surface area contributed by atoms with E-state index >= 15 is 0 Å². The van der Waals surface area contributed by atoms with Crippen molar-refractivity contribution in [2.24, 2.45) is 0 Å². The molecule has 4 rings (SSSR count). The molecule has 1 unspecified atom stereocenters. The zero-order valence-electron chi connectivity index (χ0n) is 15.3. The van der Waals surface area contributed by atoms with Crippen LogP contribution in [0.15, 0.2) is 53.4 Å². The summed E-state index contributed by atoms with van der Waals surface area (Å²) >= 11 is 1.72. The van der Waals surface area contributed by atoms with Crippen LogP contribution < -0.4 is 10.1 Å². The molecule has 0 aliphatic carbocycles. The van der Waals surface area contributed by atoms with Gasteiger partial charge in [-0.3, -0.25) is 4.79 Å². The molecule has 0 radical (unpaired) electrons. The molecule has 8 heteroatoms. The van der Waals surface area contributed by atoms with Crippen LogP contribution >= 0.6 is 11.8 Å². The van der Waals surface area contributed by atoms with E-state index in [4.69, 9.17) is 4.74 Å².